The van der Waals surface area contributed by atoms with E-state index in [0.29, 0.717) is 12.5 Å². The number of carboxylic acid groups (broad SMARTS) is 1. The Hall–Kier alpha value is -1.78. The van der Waals surface area contributed by atoms with E-state index in [1.54, 1.807) is 0 Å². The first-order valence-corrected chi connectivity index (χ1v) is 8.54. The summed E-state index contributed by atoms with van der Waals surface area (Å²) < 4.78 is 2.18. The summed E-state index contributed by atoms with van der Waals surface area (Å²) in [5.41, 5.74) is 2.86. The number of nitrogens with zero attached hydrogens (tertiary/aromatic N) is 2. The first kappa shape index (κ1) is 17.6. The number of aliphatic carboxylic acids is 1. The lowest BCUT2D eigenvalue weighted by molar-refractivity contribution is -0.137. The fraction of sp³-hybridized carbons (Fsp3) is 0.667. The lowest BCUT2D eigenvalue weighted by Crippen LogP contribution is -2.44. The number of amides is 1. The maximum Gasteiger partial charge on any atom is 0.303 e. The summed E-state index contributed by atoms with van der Waals surface area (Å²) >= 11 is 0. The second-order valence-corrected chi connectivity index (χ2v) is 6.83. The Bertz CT molecular complexity index is 589. The maximum absolute atomic E-state index is 13.0. The van der Waals surface area contributed by atoms with Crippen molar-refractivity contribution in [1.29, 1.82) is 0 Å². The number of hydrogen-bond acceptors (Lipinski definition) is 2. The summed E-state index contributed by atoms with van der Waals surface area (Å²) in [5, 5.41) is 8.92. The van der Waals surface area contributed by atoms with Crippen molar-refractivity contribution in [2.24, 2.45) is 0 Å². The van der Waals surface area contributed by atoms with E-state index in [1.165, 1.54) is 0 Å². The number of carbonyl (C=O) groups is 2. The van der Waals surface area contributed by atoms with Crippen molar-refractivity contribution >= 4 is 11.9 Å². The molecule has 0 radical (unpaired) electrons. The minimum absolute atomic E-state index is 0.0504. The van der Waals surface area contributed by atoms with E-state index in [-0.39, 0.29) is 18.4 Å². The minimum Gasteiger partial charge on any atom is -0.481 e. The molecule has 1 N–H and O–H groups in total. The molecule has 5 heteroatoms. The van der Waals surface area contributed by atoms with Crippen LogP contribution in [0.3, 0.4) is 0 Å². The number of rotatable bonds is 5. The van der Waals surface area contributed by atoms with E-state index < -0.39 is 5.97 Å². The van der Waals surface area contributed by atoms with Crippen LogP contribution in [0.15, 0.2) is 6.07 Å². The molecule has 1 aromatic rings. The van der Waals surface area contributed by atoms with Crippen molar-refractivity contribution < 1.29 is 14.7 Å². The number of likely N-dealkylation sites (tertiary alicyclic amines) is 1. The molecule has 0 saturated carbocycles. The van der Waals surface area contributed by atoms with E-state index in [2.05, 4.69) is 18.4 Å². The van der Waals surface area contributed by atoms with Gasteiger partial charge in [-0.25, -0.2) is 0 Å². The molecule has 0 spiro atoms. The Morgan fingerprint density at radius 2 is 2.00 bits per heavy atom. The van der Waals surface area contributed by atoms with Crippen LogP contribution < -0.4 is 0 Å². The van der Waals surface area contributed by atoms with Crippen molar-refractivity contribution in [3.05, 3.63) is 23.0 Å². The highest BCUT2D eigenvalue weighted by atomic mass is 16.4. The zero-order valence-electron chi connectivity index (χ0n) is 14.6. The molecular weight excluding hydrogens is 292 g/mol. The van der Waals surface area contributed by atoms with Gasteiger partial charge < -0.3 is 14.6 Å². The Labute approximate surface area is 138 Å². The third-order valence-electron chi connectivity index (χ3n) is 4.81. The fourth-order valence-corrected chi connectivity index (χ4v) is 3.80. The van der Waals surface area contributed by atoms with Crippen molar-refractivity contribution in [2.75, 3.05) is 6.54 Å². The molecule has 1 unspecified atom stereocenters. The summed E-state index contributed by atoms with van der Waals surface area (Å²) in [4.78, 5) is 25.8. The highest BCUT2D eigenvalue weighted by molar-refractivity contribution is 5.96. The minimum atomic E-state index is -0.791. The largest absolute Gasteiger partial charge is 0.481 e. The van der Waals surface area contributed by atoms with Crippen molar-refractivity contribution in [3.8, 4) is 0 Å². The SMILES string of the molecule is Cc1cc(C(=O)N2CCCCC2CCC(=O)O)c(C)n1C(C)C. The van der Waals surface area contributed by atoms with Crippen LogP contribution in [-0.2, 0) is 4.79 Å². The summed E-state index contributed by atoms with van der Waals surface area (Å²) in [5.74, 6) is -0.735. The topological polar surface area (TPSA) is 62.5 Å². The van der Waals surface area contributed by atoms with Gasteiger partial charge in [0.05, 0.1) is 5.56 Å². The number of aryl methyl sites for hydroxylation is 1. The lowest BCUT2D eigenvalue weighted by Gasteiger charge is -2.35. The Kier molecular flexibility index (Phi) is 5.50. The van der Waals surface area contributed by atoms with Crippen LogP contribution in [0.2, 0.25) is 0 Å². The summed E-state index contributed by atoms with van der Waals surface area (Å²) in [6.45, 7) is 8.99. The molecule has 0 aliphatic carbocycles. The third kappa shape index (κ3) is 3.77. The quantitative estimate of drug-likeness (QED) is 0.902. The standard InChI is InChI=1S/C18H28N2O3/c1-12(2)20-13(3)11-16(14(20)4)18(23)19-10-6-5-7-15(19)8-9-17(21)22/h11-12,15H,5-10H2,1-4H3,(H,21,22). The number of piperidine rings is 1. The molecule has 5 nitrogen and oxygen atoms in total. The van der Waals surface area contributed by atoms with E-state index in [4.69, 9.17) is 5.11 Å². The van der Waals surface area contributed by atoms with E-state index in [0.717, 1.165) is 42.8 Å². The zero-order valence-corrected chi connectivity index (χ0v) is 14.6. The number of carboxylic acids is 1. The van der Waals surface area contributed by atoms with Gasteiger partial charge in [0.1, 0.15) is 0 Å². The first-order valence-electron chi connectivity index (χ1n) is 8.54. The van der Waals surface area contributed by atoms with Crippen LogP contribution in [0.5, 0.6) is 0 Å². The molecule has 1 aliphatic heterocycles. The summed E-state index contributed by atoms with van der Waals surface area (Å²) in [7, 11) is 0. The molecule has 23 heavy (non-hydrogen) atoms. The molecule has 1 atom stereocenters. The fourth-order valence-electron chi connectivity index (χ4n) is 3.80. The molecule has 0 aromatic carbocycles. The van der Waals surface area contributed by atoms with Crippen molar-refractivity contribution in [3.63, 3.8) is 0 Å². The van der Waals surface area contributed by atoms with E-state index >= 15 is 0 Å². The third-order valence-corrected chi connectivity index (χ3v) is 4.81. The van der Waals surface area contributed by atoms with Crippen LogP contribution >= 0.6 is 0 Å². The van der Waals surface area contributed by atoms with Crippen LogP contribution in [0.4, 0.5) is 0 Å². The molecule has 1 amide bonds. The summed E-state index contributed by atoms with van der Waals surface area (Å²) in [6.07, 6.45) is 3.64. The summed E-state index contributed by atoms with van der Waals surface area (Å²) in [6, 6.07) is 2.34. The van der Waals surface area contributed by atoms with E-state index in [9.17, 15) is 9.59 Å². The maximum atomic E-state index is 13.0. The first-order chi connectivity index (χ1) is 10.8. The highest BCUT2D eigenvalue weighted by Crippen LogP contribution is 2.26. The van der Waals surface area contributed by atoms with Gasteiger partial charge in [0.15, 0.2) is 0 Å². The van der Waals surface area contributed by atoms with Gasteiger partial charge in [0, 0.05) is 36.4 Å². The monoisotopic (exact) mass is 320 g/mol. The number of aromatic nitrogens is 1. The number of hydrogen-bond donors (Lipinski definition) is 1. The molecule has 2 heterocycles. The Balaban J connectivity index is 2.23. The molecule has 128 valence electrons. The van der Waals surface area contributed by atoms with Gasteiger partial charge in [-0.15, -0.1) is 0 Å². The predicted molar refractivity (Wildman–Crippen MR) is 89.8 cm³/mol. The predicted octanol–water partition coefficient (Wildman–Crippen LogP) is 3.55. The van der Waals surface area contributed by atoms with Gasteiger partial charge in [0.25, 0.3) is 5.91 Å². The molecule has 2 rings (SSSR count). The molecule has 1 fully saturated rings. The molecule has 1 aromatic heterocycles. The normalized spacial score (nSPS) is 18.5. The van der Waals surface area contributed by atoms with Crippen molar-refractivity contribution in [2.45, 2.75) is 71.9 Å². The zero-order chi connectivity index (χ0) is 17.1. The average Bonchev–Trinajstić information content (AvgIpc) is 2.79. The van der Waals surface area contributed by atoms with Gasteiger partial charge in [0.2, 0.25) is 0 Å². The van der Waals surface area contributed by atoms with Gasteiger partial charge in [-0.3, -0.25) is 9.59 Å². The lowest BCUT2D eigenvalue weighted by atomic mass is 9.97. The Morgan fingerprint density at radius 1 is 1.30 bits per heavy atom. The second kappa shape index (κ2) is 7.20. The Morgan fingerprint density at radius 3 is 2.57 bits per heavy atom. The van der Waals surface area contributed by atoms with Crippen molar-refractivity contribution in [1.82, 2.24) is 9.47 Å². The van der Waals surface area contributed by atoms with E-state index in [1.807, 2.05) is 24.8 Å². The molecule has 0 bridgehead atoms. The van der Waals surface area contributed by atoms with Crippen LogP contribution in [-0.4, -0.2) is 39.0 Å². The van der Waals surface area contributed by atoms with Gasteiger partial charge >= 0.3 is 5.97 Å². The van der Waals surface area contributed by atoms with Gasteiger partial charge in [-0.05, 0) is 59.4 Å². The second-order valence-electron chi connectivity index (χ2n) is 6.83. The molecular formula is C18H28N2O3. The molecule has 1 aliphatic rings. The van der Waals surface area contributed by atoms with Gasteiger partial charge in [-0.1, -0.05) is 0 Å². The van der Waals surface area contributed by atoms with Crippen LogP contribution in [0.25, 0.3) is 0 Å². The highest BCUT2D eigenvalue weighted by Gasteiger charge is 2.30. The smallest absolute Gasteiger partial charge is 0.303 e. The number of carbonyl (C=O) groups excluding carboxylic acids is 1. The van der Waals surface area contributed by atoms with Gasteiger partial charge in [-0.2, -0.15) is 0 Å². The molecule has 1 saturated heterocycles. The van der Waals surface area contributed by atoms with Crippen LogP contribution in [0, 0.1) is 13.8 Å². The average molecular weight is 320 g/mol. The van der Waals surface area contributed by atoms with Crippen LogP contribution in [0.1, 0.15) is 73.7 Å².